The van der Waals surface area contributed by atoms with Crippen LogP contribution in [0.5, 0.6) is 0 Å². The Hall–Kier alpha value is -2.56. The van der Waals surface area contributed by atoms with Gasteiger partial charge in [0.05, 0.1) is 18.0 Å². The number of hydrogen-bond acceptors (Lipinski definition) is 9. The summed E-state index contributed by atoms with van der Waals surface area (Å²) in [7, 11) is -4.88. The Labute approximate surface area is 241 Å². The fourth-order valence-electron chi connectivity index (χ4n) is 4.91. The molecule has 2 aromatic heterocycles. The van der Waals surface area contributed by atoms with E-state index in [0.29, 0.717) is 31.8 Å². The molecule has 1 fully saturated rings. The molecule has 1 saturated heterocycles. The summed E-state index contributed by atoms with van der Waals surface area (Å²) >= 11 is 7.39. The van der Waals surface area contributed by atoms with Gasteiger partial charge in [0.2, 0.25) is 15.9 Å². The Balaban J connectivity index is 1.44. The monoisotopic (exact) mass is 628 g/mol. The number of benzene rings is 1. The van der Waals surface area contributed by atoms with E-state index >= 15 is 0 Å². The molecular formula is C24H29ClN6O6S3. The SMILES string of the molecule is CN1CCc2nc(C(=O)N3CCN(S(=O)(=O)c4cc5cc(Cl)ccc5[nH]4)C(CC(=O)N(C)S(C)(=O)=O)C3)sc2C1. The zero-order chi connectivity index (χ0) is 29.0. The molecule has 16 heteroatoms. The van der Waals surface area contributed by atoms with Gasteiger partial charge in [-0.3, -0.25) is 9.59 Å². The van der Waals surface area contributed by atoms with Crippen LogP contribution < -0.4 is 0 Å². The molecule has 2 amide bonds. The van der Waals surface area contributed by atoms with E-state index in [4.69, 9.17) is 11.6 Å². The van der Waals surface area contributed by atoms with Crippen LogP contribution in [0.4, 0.5) is 0 Å². The minimum Gasteiger partial charge on any atom is -0.345 e. The van der Waals surface area contributed by atoms with Crippen LogP contribution in [0.25, 0.3) is 10.9 Å². The quantitative estimate of drug-likeness (QED) is 0.433. The Morgan fingerprint density at radius 2 is 1.93 bits per heavy atom. The van der Waals surface area contributed by atoms with Crippen LogP contribution in [0.15, 0.2) is 29.3 Å². The summed E-state index contributed by atoms with van der Waals surface area (Å²) in [6.45, 7) is 1.45. The zero-order valence-corrected chi connectivity index (χ0v) is 25.3. The van der Waals surface area contributed by atoms with E-state index in [1.165, 1.54) is 26.6 Å². The second-order valence-corrected chi connectivity index (χ2v) is 15.5. The first kappa shape index (κ1) is 29.0. The Morgan fingerprint density at radius 1 is 1.18 bits per heavy atom. The van der Waals surface area contributed by atoms with E-state index in [0.717, 1.165) is 36.8 Å². The number of aromatic nitrogens is 2. The number of halogens is 1. The van der Waals surface area contributed by atoms with Crippen molar-refractivity contribution >= 4 is 65.7 Å². The third-order valence-corrected chi connectivity index (χ3v) is 11.6. The molecule has 0 bridgehead atoms. The van der Waals surface area contributed by atoms with Crippen molar-refractivity contribution < 1.29 is 26.4 Å². The van der Waals surface area contributed by atoms with Crippen LogP contribution in [-0.2, 0) is 37.8 Å². The van der Waals surface area contributed by atoms with Crippen LogP contribution in [-0.4, -0.2) is 110 Å². The summed E-state index contributed by atoms with van der Waals surface area (Å²) in [4.78, 5) is 38.5. The molecule has 0 saturated carbocycles. The molecule has 3 aromatic rings. The van der Waals surface area contributed by atoms with Gasteiger partial charge in [-0.2, -0.15) is 4.31 Å². The smallest absolute Gasteiger partial charge is 0.282 e. The van der Waals surface area contributed by atoms with Crippen LogP contribution in [0.1, 0.15) is 26.8 Å². The van der Waals surface area contributed by atoms with Gasteiger partial charge in [0.15, 0.2) is 5.01 Å². The number of hydrogen-bond donors (Lipinski definition) is 1. The molecule has 0 aliphatic carbocycles. The average molecular weight is 629 g/mol. The van der Waals surface area contributed by atoms with Crippen molar-refractivity contribution in [3.8, 4) is 0 Å². The summed E-state index contributed by atoms with van der Waals surface area (Å²) in [6.07, 6.45) is 1.21. The van der Waals surface area contributed by atoms with Crippen LogP contribution >= 0.6 is 22.9 Å². The summed E-state index contributed by atoms with van der Waals surface area (Å²) in [5.74, 6) is -1.12. The summed E-state index contributed by atoms with van der Waals surface area (Å²) < 4.78 is 53.4. The summed E-state index contributed by atoms with van der Waals surface area (Å²) in [5, 5.41) is 1.28. The first-order chi connectivity index (χ1) is 18.7. The van der Waals surface area contributed by atoms with Gasteiger partial charge in [0.1, 0.15) is 5.03 Å². The van der Waals surface area contributed by atoms with E-state index in [1.54, 1.807) is 18.2 Å². The highest BCUT2D eigenvalue weighted by Crippen LogP contribution is 2.30. The van der Waals surface area contributed by atoms with Gasteiger partial charge in [0, 0.05) is 73.4 Å². The Kier molecular flexibility index (Phi) is 7.74. The number of carbonyl (C=O) groups is 2. The van der Waals surface area contributed by atoms with E-state index in [1.807, 2.05) is 7.05 Å². The summed E-state index contributed by atoms with van der Waals surface area (Å²) in [6, 6.07) is 5.40. The topological polar surface area (TPSA) is 144 Å². The van der Waals surface area contributed by atoms with Gasteiger partial charge in [-0.1, -0.05) is 11.6 Å². The molecular weight excluding hydrogens is 600 g/mol. The molecule has 2 aliphatic heterocycles. The van der Waals surface area contributed by atoms with Crippen molar-refractivity contribution in [3.05, 3.63) is 44.9 Å². The largest absolute Gasteiger partial charge is 0.345 e. The van der Waals surface area contributed by atoms with E-state index in [-0.39, 0.29) is 30.6 Å². The highest BCUT2D eigenvalue weighted by molar-refractivity contribution is 7.89. The number of sulfonamides is 2. The molecule has 5 rings (SSSR count). The minimum atomic E-state index is -4.16. The highest BCUT2D eigenvalue weighted by Gasteiger charge is 2.41. The molecule has 1 N–H and O–H groups in total. The second-order valence-electron chi connectivity index (χ2n) is 10.1. The number of nitrogens with zero attached hydrogens (tertiary/aromatic N) is 5. The lowest BCUT2D eigenvalue weighted by Crippen LogP contribution is -2.57. The fourth-order valence-corrected chi connectivity index (χ4v) is 8.32. The maximum atomic E-state index is 13.8. The van der Waals surface area contributed by atoms with Gasteiger partial charge < -0.3 is 14.8 Å². The normalized spacial score (nSPS) is 19.1. The molecule has 12 nitrogen and oxygen atoms in total. The maximum absolute atomic E-state index is 13.8. The minimum absolute atomic E-state index is 0.0842. The molecule has 40 heavy (non-hydrogen) atoms. The number of H-pyrrole nitrogens is 1. The van der Waals surface area contributed by atoms with Crippen molar-refractivity contribution in [1.29, 1.82) is 0 Å². The van der Waals surface area contributed by atoms with Crippen molar-refractivity contribution in [2.45, 2.75) is 30.5 Å². The second kappa shape index (κ2) is 10.7. The number of nitrogens with one attached hydrogen (secondary N) is 1. The number of piperazine rings is 1. The van der Waals surface area contributed by atoms with E-state index in [9.17, 15) is 26.4 Å². The van der Waals surface area contributed by atoms with Crippen molar-refractivity contribution in [2.75, 3.05) is 46.5 Å². The van der Waals surface area contributed by atoms with Crippen molar-refractivity contribution in [2.24, 2.45) is 0 Å². The molecule has 2 aliphatic rings. The Bertz CT molecular complexity index is 1700. The molecule has 0 spiro atoms. The maximum Gasteiger partial charge on any atom is 0.282 e. The van der Waals surface area contributed by atoms with Crippen molar-refractivity contribution in [1.82, 2.24) is 28.4 Å². The molecule has 216 valence electrons. The number of rotatable bonds is 6. The number of fused-ring (bicyclic) bond motifs is 2. The predicted molar refractivity (Wildman–Crippen MR) is 151 cm³/mol. The number of aromatic amines is 1. The number of likely N-dealkylation sites (N-methyl/N-ethyl adjacent to an activating group) is 1. The standard InChI is InChI=1S/C24H29ClN6O6S3/c1-28-7-6-19-20(14-28)38-23(27-19)24(33)30-8-9-31(17(13-30)12-22(32)29(2)39(3,34)35)40(36,37)21-11-15-10-16(25)4-5-18(15)26-21/h4-5,10-11,17,26H,6-9,12-14H2,1-3H3. The van der Waals surface area contributed by atoms with Crippen LogP contribution in [0, 0.1) is 0 Å². The molecule has 4 heterocycles. The third-order valence-electron chi connectivity index (χ3n) is 7.22. The lowest BCUT2D eigenvalue weighted by atomic mass is 10.1. The molecule has 0 radical (unpaired) electrons. The number of amides is 2. The van der Waals surface area contributed by atoms with Gasteiger partial charge in [0.25, 0.3) is 15.9 Å². The van der Waals surface area contributed by atoms with Gasteiger partial charge >= 0.3 is 0 Å². The first-order valence-electron chi connectivity index (χ1n) is 12.5. The summed E-state index contributed by atoms with van der Waals surface area (Å²) in [5.41, 5.74) is 1.47. The number of thiazole rings is 1. The van der Waals surface area contributed by atoms with Crippen LogP contribution in [0.2, 0.25) is 5.02 Å². The third kappa shape index (κ3) is 5.63. The van der Waals surface area contributed by atoms with Crippen molar-refractivity contribution in [3.63, 3.8) is 0 Å². The molecule has 1 aromatic carbocycles. The Morgan fingerprint density at radius 3 is 2.65 bits per heavy atom. The van der Waals surface area contributed by atoms with E-state index < -0.39 is 38.4 Å². The molecule has 1 unspecified atom stereocenters. The van der Waals surface area contributed by atoms with Gasteiger partial charge in [-0.25, -0.2) is 26.1 Å². The van der Waals surface area contributed by atoms with Gasteiger partial charge in [-0.05, 0) is 31.3 Å². The first-order valence-corrected chi connectivity index (χ1v) is 17.0. The lowest BCUT2D eigenvalue weighted by molar-refractivity contribution is -0.126. The number of carbonyl (C=O) groups excluding carboxylic acids is 2. The van der Waals surface area contributed by atoms with E-state index in [2.05, 4.69) is 14.9 Å². The molecule has 1 atom stereocenters. The predicted octanol–water partition coefficient (Wildman–Crippen LogP) is 1.59. The highest BCUT2D eigenvalue weighted by atomic mass is 35.5. The lowest BCUT2D eigenvalue weighted by Gasteiger charge is -2.40. The van der Waals surface area contributed by atoms with Crippen LogP contribution in [0.3, 0.4) is 0 Å². The zero-order valence-electron chi connectivity index (χ0n) is 22.1. The fraction of sp³-hybridized carbons (Fsp3) is 0.458. The average Bonchev–Trinajstić information content (AvgIpc) is 3.51. The van der Waals surface area contributed by atoms with Gasteiger partial charge in [-0.15, -0.1) is 11.3 Å².